The minimum absolute atomic E-state index is 0.0603. The van der Waals surface area contributed by atoms with E-state index in [0.29, 0.717) is 19.6 Å². The van der Waals surface area contributed by atoms with Crippen LogP contribution in [-0.2, 0) is 11.3 Å². The maximum Gasteiger partial charge on any atom is 0.247 e. The molecule has 0 aliphatic carbocycles. The number of aryl methyl sites for hydroxylation is 2. The van der Waals surface area contributed by atoms with Crippen LogP contribution in [0.1, 0.15) is 28.1 Å². The van der Waals surface area contributed by atoms with Crippen molar-refractivity contribution in [3.05, 3.63) is 83.7 Å². The number of carbonyl (C=O) groups excluding carboxylic acids is 1. The lowest BCUT2D eigenvalue weighted by Crippen LogP contribution is -2.29. The van der Waals surface area contributed by atoms with Crippen LogP contribution in [0.3, 0.4) is 0 Å². The van der Waals surface area contributed by atoms with E-state index >= 15 is 0 Å². The third kappa shape index (κ3) is 4.82. The Balaban J connectivity index is 2.18. The Morgan fingerprint density at radius 3 is 2.31 bits per heavy atom. The molecule has 1 aromatic heterocycles. The Hall–Kier alpha value is -2.88. The molecule has 136 valence electrons. The standard InChI is InChI=1S/C22H27N3O/c1-6-14-24(15-7-2)22(26)13-12-21-18(4)23-25(19(21)5)16-20-10-8-17(3)9-11-20/h6-13H,1-2,14-16H2,3-5H3/b13-12+. The zero-order chi connectivity index (χ0) is 19.1. The Labute approximate surface area is 156 Å². The van der Waals surface area contributed by atoms with Gasteiger partial charge in [-0.05, 0) is 32.4 Å². The van der Waals surface area contributed by atoms with Gasteiger partial charge in [-0.2, -0.15) is 5.10 Å². The van der Waals surface area contributed by atoms with E-state index in [1.807, 2.05) is 24.6 Å². The molecule has 4 heteroatoms. The number of rotatable bonds is 8. The van der Waals surface area contributed by atoms with Crippen molar-refractivity contribution < 1.29 is 4.79 Å². The van der Waals surface area contributed by atoms with Crippen molar-refractivity contribution in [3.63, 3.8) is 0 Å². The molecular formula is C22H27N3O. The molecule has 0 fully saturated rings. The highest BCUT2D eigenvalue weighted by Crippen LogP contribution is 2.17. The Morgan fingerprint density at radius 2 is 1.73 bits per heavy atom. The summed E-state index contributed by atoms with van der Waals surface area (Å²) in [5, 5.41) is 4.63. The molecule has 0 aliphatic heterocycles. The largest absolute Gasteiger partial charge is 0.332 e. The molecule has 1 amide bonds. The molecule has 1 heterocycles. The molecule has 0 atom stereocenters. The highest BCUT2D eigenvalue weighted by Gasteiger charge is 2.11. The lowest BCUT2D eigenvalue weighted by Gasteiger charge is -2.16. The van der Waals surface area contributed by atoms with Gasteiger partial charge in [0.05, 0.1) is 12.2 Å². The Morgan fingerprint density at radius 1 is 1.12 bits per heavy atom. The van der Waals surface area contributed by atoms with Gasteiger partial charge in [-0.15, -0.1) is 13.2 Å². The highest BCUT2D eigenvalue weighted by molar-refractivity contribution is 5.92. The second-order valence-corrected chi connectivity index (χ2v) is 6.38. The quantitative estimate of drug-likeness (QED) is 0.532. The first-order valence-electron chi connectivity index (χ1n) is 8.74. The Bertz CT molecular complexity index is 803. The van der Waals surface area contributed by atoms with Crippen LogP contribution in [0, 0.1) is 20.8 Å². The molecule has 2 rings (SSSR count). The molecule has 2 aromatic rings. The fourth-order valence-corrected chi connectivity index (χ4v) is 2.80. The summed E-state index contributed by atoms with van der Waals surface area (Å²) in [5.74, 6) is -0.0603. The maximum atomic E-state index is 12.4. The van der Waals surface area contributed by atoms with E-state index < -0.39 is 0 Å². The van der Waals surface area contributed by atoms with Crippen LogP contribution in [0.2, 0.25) is 0 Å². The number of benzene rings is 1. The molecule has 4 nitrogen and oxygen atoms in total. The van der Waals surface area contributed by atoms with E-state index in [4.69, 9.17) is 0 Å². The van der Waals surface area contributed by atoms with Crippen molar-refractivity contribution in [3.8, 4) is 0 Å². The Kier molecular flexibility index (Phi) is 6.73. The average Bonchev–Trinajstić information content (AvgIpc) is 2.88. The van der Waals surface area contributed by atoms with Gasteiger partial charge in [-0.25, -0.2) is 0 Å². The van der Waals surface area contributed by atoms with Crippen molar-refractivity contribution >= 4 is 12.0 Å². The number of aromatic nitrogens is 2. The third-order valence-electron chi connectivity index (χ3n) is 4.29. The molecule has 0 aliphatic rings. The highest BCUT2D eigenvalue weighted by atomic mass is 16.2. The van der Waals surface area contributed by atoms with Crippen molar-refractivity contribution in [2.45, 2.75) is 27.3 Å². The first kappa shape index (κ1) is 19.4. The van der Waals surface area contributed by atoms with Gasteiger partial charge in [-0.3, -0.25) is 9.48 Å². The van der Waals surface area contributed by atoms with Gasteiger partial charge >= 0.3 is 0 Å². The molecule has 0 unspecified atom stereocenters. The zero-order valence-corrected chi connectivity index (χ0v) is 15.9. The summed E-state index contributed by atoms with van der Waals surface area (Å²) in [5.41, 5.74) is 5.40. The van der Waals surface area contributed by atoms with Crippen LogP contribution in [-0.4, -0.2) is 33.7 Å². The van der Waals surface area contributed by atoms with Crippen molar-refractivity contribution in [2.24, 2.45) is 0 Å². The normalized spacial score (nSPS) is 10.9. The molecular weight excluding hydrogens is 322 g/mol. The van der Waals surface area contributed by atoms with Crippen LogP contribution in [0.25, 0.3) is 6.08 Å². The van der Waals surface area contributed by atoms with Crippen LogP contribution < -0.4 is 0 Å². The summed E-state index contributed by atoms with van der Waals surface area (Å²) >= 11 is 0. The van der Waals surface area contributed by atoms with E-state index in [0.717, 1.165) is 17.0 Å². The lowest BCUT2D eigenvalue weighted by atomic mass is 10.1. The van der Waals surface area contributed by atoms with Gasteiger partial charge in [-0.1, -0.05) is 42.0 Å². The summed E-state index contributed by atoms with van der Waals surface area (Å²) < 4.78 is 1.98. The summed E-state index contributed by atoms with van der Waals surface area (Å²) in [7, 11) is 0. The minimum Gasteiger partial charge on any atom is -0.332 e. The van der Waals surface area contributed by atoms with E-state index in [9.17, 15) is 4.79 Å². The van der Waals surface area contributed by atoms with E-state index in [-0.39, 0.29) is 5.91 Å². The van der Waals surface area contributed by atoms with Crippen molar-refractivity contribution in [1.82, 2.24) is 14.7 Å². The topological polar surface area (TPSA) is 38.1 Å². The smallest absolute Gasteiger partial charge is 0.247 e. The zero-order valence-electron chi connectivity index (χ0n) is 15.9. The molecule has 0 spiro atoms. The van der Waals surface area contributed by atoms with Gasteiger partial charge in [0.1, 0.15) is 0 Å². The number of hydrogen-bond donors (Lipinski definition) is 0. The van der Waals surface area contributed by atoms with Crippen molar-refractivity contribution in [2.75, 3.05) is 13.1 Å². The van der Waals surface area contributed by atoms with Gasteiger partial charge in [0, 0.05) is 30.4 Å². The summed E-state index contributed by atoms with van der Waals surface area (Å²) in [6.07, 6.45) is 6.88. The van der Waals surface area contributed by atoms with Crippen molar-refractivity contribution in [1.29, 1.82) is 0 Å². The second-order valence-electron chi connectivity index (χ2n) is 6.38. The molecule has 0 N–H and O–H groups in total. The minimum atomic E-state index is -0.0603. The predicted molar refractivity (Wildman–Crippen MR) is 108 cm³/mol. The van der Waals surface area contributed by atoms with Crippen LogP contribution in [0.5, 0.6) is 0 Å². The van der Waals surface area contributed by atoms with E-state index in [1.165, 1.54) is 11.1 Å². The summed E-state index contributed by atoms with van der Waals surface area (Å²) in [4.78, 5) is 14.0. The molecule has 0 saturated heterocycles. The van der Waals surface area contributed by atoms with E-state index in [2.05, 4.69) is 49.4 Å². The number of carbonyl (C=O) groups is 1. The van der Waals surface area contributed by atoms with Gasteiger partial charge in [0.25, 0.3) is 0 Å². The van der Waals surface area contributed by atoms with Gasteiger partial charge in [0.15, 0.2) is 0 Å². The fourth-order valence-electron chi connectivity index (χ4n) is 2.80. The average molecular weight is 349 g/mol. The summed E-state index contributed by atoms with van der Waals surface area (Å²) in [6.45, 7) is 15.2. The number of hydrogen-bond acceptors (Lipinski definition) is 2. The van der Waals surface area contributed by atoms with Crippen LogP contribution >= 0.6 is 0 Å². The maximum absolute atomic E-state index is 12.4. The van der Waals surface area contributed by atoms with E-state index in [1.54, 1.807) is 23.1 Å². The molecule has 0 saturated carbocycles. The molecule has 0 bridgehead atoms. The van der Waals surface area contributed by atoms with Crippen LogP contribution in [0.4, 0.5) is 0 Å². The predicted octanol–water partition coefficient (Wildman–Crippen LogP) is 4.07. The fraction of sp³-hybridized carbons (Fsp3) is 0.273. The van der Waals surface area contributed by atoms with Crippen LogP contribution in [0.15, 0.2) is 55.7 Å². The number of amides is 1. The molecule has 1 aromatic carbocycles. The monoisotopic (exact) mass is 349 g/mol. The first-order valence-corrected chi connectivity index (χ1v) is 8.74. The molecule has 26 heavy (non-hydrogen) atoms. The van der Waals surface area contributed by atoms with Gasteiger partial charge in [0.2, 0.25) is 5.91 Å². The first-order chi connectivity index (χ1) is 12.5. The molecule has 0 radical (unpaired) electrons. The number of nitrogens with zero attached hydrogens (tertiary/aromatic N) is 3. The SMILES string of the molecule is C=CCN(CC=C)C(=O)/C=C/c1c(C)nn(Cc2ccc(C)cc2)c1C. The lowest BCUT2D eigenvalue weighted by molar-refractivity contribution is -0.124. The third-order valence-corrected chi connectivity index (χ3v) is 4.29. The second kappa shape index (κ2) is 8.99. The van der Waals surface area contributed by atoms with Gasteiger partial charge < -0.3 is 4.90 Å². The summed E-state index contributed by atoms with van der Waals surface area (Å²) in [6, 6.07) is 8.45.